The Balaban J connectivity index is 2.64. The Kier molecular flexibility index (Phi) is 5.88. The highest BCUT2D eigenvalue weighted by Crippen LogP contribution is 2.10. The van der Waals surface area contributed by atoms with Gasteiger partial charge in [0.1, 0.15) is 0 Å². The van der Waals surface area contributed by atoms with Crippen molar-refractivity contribution in [2.45, 2.75) is 26.9 Å². The maximum atomic E-state index is 11.7. The number of benzene rings is 1. The number of carbonyl (C=O) groups excluding carboxylic acids is 1. The molecule has 0 fully saturated rings. The zero-order chi connectivity index (χ0) is 13.4. The van der Waals surface area contributed by atoms with Gasteiger partial charge in [0.05, 0.1) is 6.61 Å². The van der Waals surface area contributed by atoms with E-state index in [2.05, 4.69) is 5.32 Å². The van der Waals surface area contributed by atoms with Crippen molar-refractivity contribution in [3.05, 3.63) is 53.6 Å². The Hall–Kier alpha value is -1.87. The third kappa shape index (κ3) is 4.55. The van der Waals surface area contributed by atoms with Crippen LogP contribution in [0.3, 0.4) is 0 Å². The van der Waals surface area contributed by atoms with Gasteiger partial charge in [-0.25, -0.2) is 0 Å². The summed E-state index contributed by atoms with van der Waals surface area (Å²) in [5.74, 6) is -0.169. The summed E-state index contributed by atoms with van der Waals surface area (Å²) >= 11 is 0. The monoisotopic (exact) mass is 245 g/mol. The van der Waals surface area contributed by atoms with Crippen molar-refractivity contribution in [2.24, 2.45) is 0 Å². The van der Waals surface area contributed by atoms with E-state index in [9.17, 15) is 4.79 Å². The Labute approximate surface area is 108 Å². The van der Waals surface area contributed by atoms with Crippen molar-refractivity contribution in [3.63, 3.8) is 0 Å². The largest absolute Gasteiger partial charge is 0.392 e. The molecule has 1 amide bonds. The number of hydrogen-bond donors (Lipinski definition) is 2. The second-order valence-corrected chi connectivity index (χ2v) is 3.90. The summed E-state index contributed by atoms with van der Waals surface area (Å²) in [4.78, 5) is 11.7. The summed E-state index contributed by atoms with van der Waals surface area (Å²) in [6, 6.07) is 7.15. The Morgan fingerprint density at radius 1 is 1.39 bits per heavy atom. The van der Waals surface area contributed by atoms with E-state index in [0.717, 1.165) is 17.6 Å². The number of hydrogen-bond acceptors (Lipinski definition) is 2. The van der Waals surface area contributed by atoms with Crippen LogP contribution in [-0.2, 0) is 11.4 Å². The van der Waals surface area contributed by atoms with E-state index in [-0.39, 0.29) is 12.5 Å². The molecule has 96 valence electrons. The lowest BCUT2D eigenvalue weighted by Crippen LogP contribution is -2.08. The molecule has 0 saturated heterocycles. The van der Waals surface area contributed by atoms with E-state index >= 15 is 0 Å². The summed E-state index contributed by atoms with van der Waals surface area (Å²) in [7, 11) is 0. The van der Waals surface area contributed by atoms with E-state index in [1.807, 2.05) is 26.0 Å². The quantitative estimate of drug-likeness (QED) is 0.619. The van der Waals surface area contributed by atoms with Crippen molar-refractivity contribution < 1.29 is 9.90 Å². The van der Waals surface area contributed by atoms with Gasteiger partial charge < -0.3 is 10.4 Å². The van der Waals surface area contributed by atoms with Crippen molar-refractivity contribution in [1.29, 1.82) is 0 Å². The first kappa shape index (κ1) is 14.2. The van der Waals surface area contributed by atoms with Gasteiger partial charge in [0.15, 0.2) is 0 Å². The highest BCUT2D eigenvalue weighted by molar-refractivity contribution is 5.99. The molecule has 0 saturated carbocycles. The lowest BCUT2D eigenvalue weighted by atomic mass is 10.2. The zero-order valence-electron chi connectivity index (χ0n) is 10.8. The van der Waals surface area contributed by atoms with Crippen LogP contribution in [0, 0.1) is 0 Å². The minimum absolute atomic E-state index is 0.0297. The van der Waals surface area contributed by atoms with Gasteiger partial charge in [-0.05, 0) is 31.0 Å². The summed E-state index contributed by atoms with van der Waals surface area (Å²) in [6.45, 7) is 3.96. The molecule has 0 aromatic heterocycles. The Bertz CT molecular complexity index is 461. The average Bonchev–Trinajstić information content (AvgIpc) is 2.40. The van der Waals surface area contributed by atoms with Gasteiger partial charge in [-0.1, -0.05) is 36.8 Å². The molecule has 1 rings (SSSR count). The molecule has 0 aliphatic carbocycles. The van der Waals surface area contributed by atoms with E-state index in [0.29, 0.717) is 5.69 Å². The number of allylic oxidation sites excluding steroid dienone is 3. The van der Waals surface area contributed by atoms with Gasteiger partial charge >= 0.3 is 0 Å². The zero-order valence-corrected chi connectivity index (χ0v) is 10.8. The number of aliphatic hydroxyl groups excluding tert-OH is 1. The highest BCUT2D eigenvalue weighted by atomic mass is 16.3. The second kappa shape index (κ2) is 7.45. The van der Waals surface area contributed by atoms with Crippen LogP contribution in [0.25, 0.3) is 0 Å². The molecule has 0 bridgehead atoms. The van der Waals surface area contributed by atoms with Gasteiger partial charge in [0.25, 0.3) is 0 Å². The maximum absolute atomic E-state index is 11.7. The Morgan fingerprint density at radius 3 is 2.78 bits per heavy atom. The molecule has 0 radical (unpaired) electrons. The molecule has 1 aromatic rings. The van der Waals surface area contributed by atoms with Crippen LogP contribution in [0.2, 0.25) is 0 Å². The summed E-state index contributed by atoms with van der Waals surface area (Å²) in [5, 5.41) is 11.8. The lowest BCUT2D eigenvalue weighted by Gasteiger charge is -2.04. The third-order valence-electron chi connectivity index (χ3n) is 2.60. The minimum atomic E-state index is -0.169. The first-order valence-corrected chi connectivity index (χ1v) is 6.03. The van der Waals surface area contributed by atoms with Crippen molar-refractivity contribution in [1.82, 2.24) is 0 Å². The molecule has 2 N–H and O–H groups in total. The predicted octanol–water partition coefficient (Wildman–Crippen LogP) is 3.03. The SMILES string of the molecule is CC=C(C=CC(=O)Nc1cccc(CO)c1)CC. The molecule has 1 aromatic carbocycles. The molecule has 0 aliphatic rings. The van der Waals surface area contributed by atoms with Gasteiger partial charge in [0.2, 0.25) is 5.91 Å². The van der Waals surface area contributed by atoms with Crippen LogP contribution in [0.4, 0.5) is 5.69 Å². The number of aliphatic hydroxyl groups is 1. The van der Waals surface area contributed by atoms with E-state index < -0.39 is 0 Å². The van der Waals surface area contributed by atoms with E-state index in [4.69, 9.17) is 5.11 Å². The minimum Gasteiger partial charge on any atom is -0.392 e. The summed E-state index contributed by atoms with van der Waals surface area (Å²) < 4.78 is 0. The first-order valence-electron chi connectivity index (χ1n) is 6.03. The first-order chi connectivity index (χ1) is 8.69. The molecule has 0 unspecified atom stereocenters. The fourth-order valence-corrected chi connectivity index (χ4v) is 1.53. The maximum Gasteiger partial charge on any atom is 0.248 e. The molecule has 0 heterocycles. The number of nitrogens with one attached hydrogen (secondary N) is 1. The molecule has 0 aliphatic heterocycles. The van der Waals surface area contributed by atoms with Crippen LogP contribution in [0.15, 0.2) is 48.1 Å². The van der Waals surface area contributed by atoms with Crippen LogP contribution < -0.4 is 5.32 Å². The van der Waals surface area contributed by atoms with E-state index in [1.165, 1.54) is 6.08 Å². The topological polar surface area (TPSA) is 49.3 Å². The Morgan fingerprint density at radius 2 is 2.17 bits per heavy atom. The normalized spacial score (nSPS) is 11.8. The fraction of sp³-hybridized carbons (Fsp3) is 0.267. The van der Waals surface area contributed by atoms with Gasteiger partial charge in [-0.2, -0.15) is 0 Å². The number of amides is 1. The molecule has 3 nitrogen and oxygen atoms in total. The second-order valence-electron chi connectivity index (χ2n) is 3.90. The van der Waals surface area contributed by atoms with Crippen LogP contribution in [0.1, 0.15) is 25.8 Å². The molecular weight excluding hydrogens is 226 g/mol. The van der Waals surface area contributed by atoms with Crippen molar-refractivity contribution >= 4 is 11.6 Å². The number of anilines is 1. The average molecular weight is 245 g/mol. The van der Waals surface area contributed by atoms with Gasteiger partial charge in [0, 0.05) is 11.8 Å². The highest BCUT2D eigenvalue weighted by Gasteiger charge is 1.99. The van der Waals surface area contributed by atoms with Gasteiger partial charge in [-0.15, -0.1) is 0 Å². The van der Waals surface area contributed by atoms with Crippen molar-refractivity contribution in [2.75, 3.05) is 5.32 Å². The smallest absolute Gasteiger partial charge is 0.248 e. The standard InChI is InChI=1S/C15H19NO2/c1-3-12(4-2)8-9-15(18)16-14-7-5-6-13(10-14)11-17/h3,5-10,17H,4,11H2,1-2H3,(H,16,18). The number of rotatable bonds is 5. The van der Waals surface area contributed by atoms with Crippen LogP contribution >= 0.6 is 0 Å². The van der Waals surface area contributed by atoms with Crippen molar-refractivity contribution in [3.8, 4) is 0 Å². The molecule has 3 heteroatoms. The third-order valence-corrected chi connectivity index (χ3v) is 2.60. The molecule has 18 heavy (non-hydrogen) atoms. The molecule has 0 atom stereocenters. The summed E-state index contributed by atoms with van der Waals surface area (Å²) in [6.07, 6.45) is 6.21. The van der Waals surface area contributed by atoms with Gasteiger partial charge in [-0.3, -0.25) is 4.79 Å². The molecular formula is C15H19NO2. The predicted molar refractivity (Wildman–Crippen MR) is 74.2 cm³/mol. The number of carbonyl (C=O) groups is 1. The fourth-order valence-electron chi connectivity index (χ4n) is 1.53. The van der Waals surface area contributed by atoms with E-state index in [1.54, 1.807) is 24.3 Å². The molecule has 0 spiro atoms. The lowest BCUT2D eigenvalue weighted by molar-refractivity contribution is -0.111. The van der Waals surface area contributed by atoms with Crippen LogP contribution in [-0.4, -0.2) is 11.0 Å². The summed E-state index contributed by atoms with van der Waals surface area (Å²) in [5.41, 5.74) is 2.59. The van der Waals surface area contributed by atoms with Crippen LogP contribution in [0.5, 0.6) is 0 Å².